The molecule has 3 unspecified atom stereocenters. The van der Waals surface area contributed by atoms with Crippen molar-refractivity contribution in [2.75, 3.05) is 6.61 Å². The smallest absolute Gasteiger partial charge is 0.303 e. The molecule has 0 saturated heterocycles. The van der Waals surface area contributed by atoms with Gasteiger partial charge in [0.2, 0.25) is 0 Å². The second kappa shape index (κ2) is 20.7. The molecule has 0 amide bonds. The number of phenols is 1. The van der Waals surface area contributed by atoms with Crippen LogP contribution in [-0.4, -0.2) is 50.3 Å². The summed E-state index contributed by atoms with van der Waals surface area (Å²) in [5.41, 5.74) is 2.97. The van der Waals surface area contributed by atoms with Gasteiger partial charge in [0, 0.05) is 6.42 Å². The van der Waals surface area contributed by atoms with Gasteiger partial charge >= 0.3 is 5.97 Å². The van der Waals surface area contributed by atoms with Crippen molar-refractivity contribution in [3.8, 4) is 5.75 Å². The third-order valence-corrected chi connectivity index (χ3v) is 7.33. The number of unbranched alkanes of at least 4 members (excludes halogenated alkanes) is 3. The predicted molar refractivity (Wildman–Crippen MR) is 159 cm³/mol. The molecule has 0 fully saturated rings. The Bertz CT molecular complexity index is 860. The van der Waals surface area contributed by atoms with Crippen LogP contribution in [0.4, 0.5) is 0 Å². The lowest BCUT2D eigenvalue weighted by molar-refractivity contribution is -0.137. The zero-order valence-corrected chi connectivity index (χ0v) is 24.5. The molecule has 1 aromatic carbocycles. The quantitative estimate of drug-likeness (QED) is 0.0793. The van der Waals surface area contributed by atoms with E-state index < -0.39 is 18.2 Å². The van der Waals surface area contributed by atoms with Gasteiger partial charge in [-0.15, -0.1) is 0 Å². The van der Waals surface area contributed by atoms with Crippen LogP contribution >= 0.6 is 0 Å². The zero-order valence-electron chi connectivity index (χ0n) is 24.5. The molecular formula is C33H54O6. The first-order chi connectivity index (χ1) is 18.6. The zero-order chi connectivity index (χ0) is 29.0. The summed E-state index contributed by atoms with van der Waals surface area (Å²) in [7, 11) is 0. The molecule has 0 radical (unpaired) electrons. The van der Waals surface area contributed by atoms with Gasteiger partial charge in [-0.1, -0.05) is 95.6 Å². The maximum atomic E-state index is 11.1. The number of benzene rings is 1. The molecule has 39 heavy (non-hydrogen) atoms. The van der Waals surface area contributed by atoms with Crippen molar-refractivity contribution in [1.29, 1.82) is 0 Å². The Morgan fingerprint density at radius 3 is 2.33 bits per heavy atom. The van der Waals surface area contributed by atoms with Gasteiger partial charge in [0.1, 0.15) is 5.75 Å². The van der Waals surface area contributed by atoms with Crippen molar-refractivity contribution in [3.05, 3.63) is 53.1 Å². The highest BCUT2D eigenvalue weighted by atomic mass is 16.4. The number of aliphatic carboxylic acids is 1. The molecular weight excluding hydrogens is 492 g/mol. The van der Waals surface area contributed by atoms with Crippen LogP contribution in [0.25, 0.3) is 0 Å². The van der Waals surface area contributed by atoms with E-state index in [9.17, 15) is 25.2 Å². The molecule has 5 N–H and O–H groups in total. The van der Waals surface area contributed by atoms with E-state index >= 15 is 0 Å². The predicted octanol–water partition coefficient (Wildman–Crippen LogP) is 6.95. The summed E-state index contributed by atoms with van der Waals surface area (Å²) < 4.78 is 0. The fraction of sp³-hybridized carbons (Fsp3) is 0.667. The van der Waals surface area contributed by atoms with Gasteiger partial charge in [-0.25, -0.2) is 0 Å². The van der Waals surface area contributed by atoms with E-state index in [0.717, 1.165) is 74.5 Å². The van der Waals surface area contributed by atoms with Crippen LogP contribution in [0.1, 0.15) is 110 Å². The monoisotopic (exact) mass is 546 g/mol. The first kappa shape index (κ1) is 34.9. The first-order valence-corrected chi connectivity index (χ1v) is 15.0. The minimum absolute atomic E-state index is 0.196. The number of phenolic OH excluding ortho intramolecular Hbond substituents is 1. The summed E-state index contributed by atoms with van der Waals surface area (Å²) in [6, 6.07) is 7.12. The molecule has 0 aromatic heterocycles. The van der Waals surface area contributed by atoms with Crippen molar-refractivity contribution in [1.82, 2.24) is 0 Å². The Hall–Kier alpha value is -2.15. The highest BCUT2D eigenvalue weighted by molar-refractivity contribution is 5.66. The van der Waals surface area contributed by atoms with Gasteiger partial charge in [-0.05, 0) is 73.6 Å². The largest absolute Gasteiger partial charge is 0.508 e. The molecule has 0 aliphatic heterocycles. The molecule has 3 atom stereocenters. The average Bonchev–Trinajstić information content (AvgIpc) is 2.89. The normalized spacial score (nSPS) is 14.9. The molecule has 0 spiro atoms. The summed E-state index contributed by atoms with van der Waals surface area (Å²) in [6.07, 6.45) is 13.7. The van der Waals surface area contributed by atoms with Crippen molar-refractivity contribution >= 4 is 5.97 Å². The summed E-state index contributed by atoms with van der Waals surface area (Å²) in [5.74, 6) is 0.439. The fourth-order valence-corrected chi connectivity index (χ4v) is 4.96. The number of rotatable bonds is 22. The lowest BCUT2D eigenvalue weighted by Crippen LogP contribution is -2.14. The third kappa shape index (κ3) is 17.2. The van der Waals surface area contributed by atoms with E-state index in [1.54, 1.807) is 12.1 Å². The lowest BCUT2D eigenvalue weighted by Gasteiger charge is -2.19. The van der Waals surface area contributed by atoms with Gasteiger partial charge in [-0.3, -0.25) is 4.79 Å². The maximum absolute atomic E-state index is 11.1. The SMILES string of the molecule is CCCCCC(O)C=CC(Cc1cccc(O)c1)=C(CCCCC(CCC(=O)O)CCC(C)C)CC(O)CO. The number of carbonyl (C=O) groups is 1. The molecule has 222 valence electrons. The van der Waals surface area contributed by atoms with Crippen molar-refractivity contribution in [3.63, 3.8) is 0 Å². The van der Waals surface area contributed by atoms with Crippen LogP contribution in [0, 0.1) is 11.8 Å². The first-order valence-electron chi connectivity index (χ1n) is 15.0. The van der Waals surface area contributed by atoms with E-state index in [-0.39, 0.29) is 18.8 Å². The van der Waals surface area contributed by atoms with Crippen molar-refractivity contribution in [2.45, 2.75) is 123 Å². The molecule has 0 bridgehead atoms. The molecule has 6 nitrogen and oxygen atoms in total. The number of aliphatic hydroxyl groups excluding tert-OH is 3. The topological polar surface area (TPSA) is 118 Å². The Morgan fingerprint density at radius 2 is 1.69 bits per heavy atom. The lowest BCUT2D eigenvalue weighted by atomic mass is 9.87. The van der Waals surface area contributed by atoms with E-state index in [1.807, 2.05) is 24.3 Å². The number of carboxylic acid groups (broad SMARTS) is 1. The molecule has 0 aliphatic rings. The summed E-state index contributed by atoms with van der Waals surface area (Å²) in [4.78, 5) is 11.1. The van der Waals surface area contributed by atoms with Gasteiger partial charge in [0.15, 0.2) is 0 Å². The van der Waals surface area contributed by atoms with E-state index in [2.05, 4.69) is 20.8 Å². The Morgan fingerprint density at radius 1 is 0.949 bits per heavy atom. The second-order valence-electron chi connectivity index (χ2n) is 11.5. The summed E-state index contributed by atoms with van der Waals surface area (Å²) >= 11 is 0. The summed E-state index contributed by atoms with van der Waals surface area (Å²) in [5, 5.41) is 49.6. The van der Waals surface area contributed by atoms with Crippen LogP contribution in [0.5, 0.6) is 5.75 Å². The highest BCUT2D eigenvalue weighted by Crippen LogP contribution is 2.28. The Kier molecular flexibility index (Phi) is 18.5. The number of hydrogen-bond donors (Lipinski definition) is 5. The second-order valence-corrected chi connectivity index (χ2v) is 11.5. The molecule has 1 aromatic rings. The Labute approximate surface area is 236 Å². The number of hydrogen-bond acceptors (Lipinski definition) is 5. The fourth-order valence-electron chi connectivity index (χ4n) is 4.96. The van der Waals surface area contributed by atoms with E-state index in [1.165, 1.54) is 0 Å². The van der Waals surface area contributed by atoms with Crippen LogP contribution < -0.4 is 0 Å². The molecule has 0 heterocycles. The molecule has 6 heteroatoms. The maximum Gasteiger partial charge on any atom is 0.303 e. The minimum Gasteiger partial charge on any atom is -0.508 e. The average molecular weight is 547 g/mol. The van der Waals surface area contributed by atoms with Crippen LogP contribution in [0.15, 0.2) is 47.6 Å². The number of aromatic hydroxyl groups is 1. The van der Waals surface area contributed by atoms with E-state index in [4.69, 9.17) is 5.11 Å². The van der Waals surface area contributed by atoms with Crippen molar-refractivity contribution in [2.24, 2.45) is 11.8 Å². The Balaban J connectivity index is 3.07. The van der Waals surface area contributed by atoms with Gasteiger partial charge in [-0.2, -0.15) is 0 Å². The van der Waals surface area contributed by atoms with Gasteiger partial charge in [0.25, 0.3) is 0 Å². The third-order valence-electron chi connectivity index (χ3n) is 7.33. The molecule has 1 rings (SSSR count). The van der Waals surface area contributed by atoms with Crippen LogP contribution in [-0.2, 0) is 11.2 Å². The number of aliphatic hydroxyl groups is 3. The number of carboxylic acids is 1. The number of allylic oxidation sites excluding steroid dienone is 2. The standard InChI is InChI=1S/C33H54O6/c1-4-5-6-13-30(35)19-18-29(21-27-11-9-14-31(36)22-27)28(23-32(37)24-34)12-8-7-10-26(16-15-25(2)3)17-20-33(38)39/h9,11,14,18-19,22,25-26,30,32,34-37H,4-8,10,12-13,15-17,20-21,23-24H2,1-3H3,(H,38,39). The molecule has 0 aliphatic carbocycles. The highest BCUT2D eigenvalue weighted by Gasteiger charge is 2.15. The van der Waals surface area contributed by atoms with Gasteiger partial charge < -0.3 is 25.5 Å². The summed E-state index contributed by atoms with van der Waals surface area (Å²) in [6.45, 7) is 6.20. The van der Waals surface area contributed by atoms with Crippen molar-refractivity contribution < 1.29 is 30.3 Å². The van der Waals surface area contributed by atoms with Crippen LogP contribution in [0.2, 0.25) is 0 Å². The minimum atomic E-state index is -0.864. The van der Waals surface area contributed by atoms with Gasteiger partial charge in [0.05, 0.1) is 18.8 Å². The molecule has 0 saturated carbocycles. The van der Waals surface area contributed by atoms with Crippen LogP contribution in [0.3, 0.4) is 0 Å². The van der Waals surface area contributed by atoms with E-state index in [0.29, 0.717) is 37.5 Å².